The fraction of sp³-hybridized carbons (Fsp3) is 1.00. The zero-order valence-corrected chi connectivity index (χ0v) is 6.04. The molecule has 0 radical (unpaired) electrons. The van der Waals surface area contributed by atoms with E-state index in [1.54, 1.807) is 11.9 Å². The minimum atomic E-state index is -0.405. The van der Waals surface area contributed by atoms with Crippen LogP contribution in [0.15, 0.2) is 0 Å². The van der Waals surface area contributed by atoms with Crippen LogP contribution in [0.2, 0.25) is 0 Å². The second kappa shape index (κ2) is 4.73. The Morgan fingerprint density at radius 3 is 2.44 bits per heavy atom. The molecule has 0 aliphatic carbocycles. The van der Waals surface area contributed by atoms with E-state index in [0.29, 0.717) is 13.0 Å². The van der Waals surface area contributed by atoms with E-state index >= 15 is 0 Å². The van der Waals surface area contributed by atoms with Gasteiger partial charge in [0.2, 0.25) is 0 Å². The molecule has 0 amide bonds. The van der Waals surface area contributed by atoms with Crippen molar-refractivity contribution in [2.24, 2.45) is 0 Å². The number of hydrogen-bond donors (Lipinski definition) is 2. The van der Waals surface area contributed by atoms with Gasteiger partial charge in [-0.2, -0.15) is 0 Å². The maximum atomic E-state index is 9.07. The molecule has 0 heterocycles. The first-order valence-corrected chi connectivity index (χ1v) is 3.21. The third-order valence-electron chi connectivity index (χ3n) is 1.33. The van der Waals surface area contributed by atoms with Crippen molar-refractivity contribution in [2.45, 2.75) is 19.6 Å². The second-order valence-corrected chi connectivity index (χ2v) is 2.09. The van der Waals surface area contributed by atoms with E-state index in [4.69, 9.17) is 10.2 Å². The Morgan fingerprint density at radius 1 is 1.56 bits per heavy atom. The van der Waals surface area contributed by atoms with Gasteiger partial charge in [0.05, 0.1) is 6.61 Å². The SMILES string of the molecule is CCC(O)N(C)CCO. The molecule has 1 unspecified atom stereocenters. The predicted octanol–water partition coefficient (Wildman–Crippen LogP) is -0.361. The highest BCUT2D eigenvalue weighted by molar-refractivity contribution is 4.52. The summed E-state index contributed by atoms with van der Waals surface area (Å²) in [5.41, 5.74) is 0. The van der Waals surface area contributed by atoms with Crippen LogP contribution in [-0.2, 0) is 0 Å². The zero-order valence-electron chi connectivity index (χ0n) is 6.04. The van der Waals surface area contributed by atoms with Crippen molar-refractivity contribution in [1.82, 2.24) is 4.90 Å². The van der Waals surface area contributed by atoms with Crippen LogP contribution in [0.5, 0.6) is 0 Å². The molecule has 0 fully saturated rings. The Morgan fingerprint density at radius 2 is 2.11 bits per heavy atom. The lowest BCUT2D eigenvalue weighted by molar-refractivity contribution is 0.0105. The fourth-order valence-electron chi connectivity index (χ4n) is 0.618. The summed E-state index contributed by atoms with van der Waals surface area (Å²) in [7, 11) is 1.78. The number of likely N-dealkylation sites (N-methyl/N-ethyl adjacent to an activating group) is 1. The molecule has 0 saturated heterocycles. The summed E-state index contributed by atoms with van der Waals surface area (Å²) in [6.07, 6.45) is 0.299. The van der Waals surface area contributed by atoms with Crippen LogP contribution in [0, 0.1) is 0 Å². The highest BCUT2D eigenvalue weighted by Gasteiger charge is 2.05. The van der Waals surface area contributed by atoms with Crippen molar-refractivity contribution in [2.75, 3.05) is 20.2 Å². The largest absolute Gasteiger partial charge is 0.395 e. The van der Waals surface area contributed by atoms with Crippen LogP contribution < -0.4 is 0 Å². The summed E-state index contributed by atoms with van der Waals surface area (Å²) in [5, 5.41) is 17.5. The van der Waals surface area contributed by atoms with Crippen LogP contribution in [0.4, 0.5) is 0 Å². The quantitative estimate of drug-likeness (QED) is 0.515. The van der Waals surface area contributed by atoms with E-state index < -0.39 is 6.23 Å². The summed E-state index contributed by atoms with van der Waals surface area (Å²) in [6, 6.07) is 0. The van der Waals surface area contributed by atoms with Gasteiger partial charge in [-0.3, -0.25) is 4.90 Å². The van der Waals surface area contributed by atoms with E-state index in [2.05, 4.69) is 0 Å². The third-order valence-corrected chi connectivity index (χ3v) is 1.33. The van der Waals surface area contributed by atoms with E-state index in [1.165, 1.54) is 0 Å². The van der Waals surface area contributed by atoms with Gasteiger partial charge >= 0.3 is 0 Å². The summed E-state index contributed by atoms with van der Waals surface area (Å²) in [6.45, 7) is 2.54. The summed E-state index contributed by atoms with van der Waals surface area (Å²) < 4.78 is 0. The Bertz CT molecular complexity index is 68.1. The molecule has 0 bridgehead atoms. The van der Waals surface area contributed by atoms with E-state index in [0.717, 1.165) is 0 Å². The van der Waals surface area contributed by atoms with E-state index in [9.17, 15) is 0 Å². The van der Waals surface area contributed by atoms with Gasteiger partial charge in [0.1, 0.15) is 6.23 Å². The highest BCUT2D eigenvalue weighted by Crippen LogP contribution is 1.94. The van der Waals surface area contributed by atoms with Crippen molar-refractivity contribution in [3.05, 3.63) is 0 Å². The minimum Gasteiger partial charge on any atom is -0.395 e. The Balaban J connectivity index is 3.32. The van der Waals surface area contributed by atoms with Crippen LogP contribution in [0.25, 0.3) is 0 Å². The first-order chi connectivity index (χ1) is 4.22. The fourth-order valence-corrected chi connectivity index (χ4v) is 0.618. The van der Waals surface area contributed by atoms with Gasteiger partial charge in [-0.05, 0) is 13.5 Å². The van der Waals surface area contributed by atoms with E-state index in [-0.39, 0.29) is 6.61 Å². The monoisotopic (exact) mass is 133 g/mol. The molecule has 3 nitrogen and oxygen atoms in total. The van der Waals surface area contributed by atoms with Gasteiger partial charge in [-0.1, -0.05) is 6.92 Å². The number of aliphatic hydroxyl groups excluding tert-OH is 2. The molecule has 0 aliphatic heterocycles. The molecular formula is C6H15NO2. The lowest BCUT2D eigenvalue weighted by Crippen LogP contribution is -2.32. The first kappa shape index (κ1) is 8.88. The third kappa shape index (κ3) is 3.46. The van der Waals surface area contributed by atoms with Crippen molar-refractivity contribution < 1.29 is 10.2 Å². The van der Waals surface area contributed by atoms with Gasteiger partial charge in [0, 0.05) is 6.54 Å². The molecule has 1 atom stereocenters. The average Bonchev–Trinajstić information content (AvgIpc) is 1.87. The smallest absolute Gasteiger partial charge is 0.106 e. The minimum absolute atomic E-state index is 0.105. The zero-order chi connectivity index (χ0) is 7.28. The topological polar surface area (TPSA) is 43.7 Å². The number of hydrogen-bond acceptors (Lipinski definition) is 3. The molecule has 0 aliphatic rings. The molecule has 2 N–H and O–H groups in total. The molecule has 0 spiro atoms. The summed E-state index contributed by atoms with van der Waals surface area (Å²) in [4.78, 5) is 1.71. The Hall–Kier alpha value is -0.120. The molecule has 3 heteroatoms. The second-order valence-electron chi connectivity index (χ2n) is 2.09. The molecule has 56 valence electrons. The van der Waals surface area contributed by atoms with Crippen molar-refractivity contribution in [3.8, 4) is 0 Å². The van der Waals surface area contributed by atoms with Gasteiger partial charge in [-0.25, -0.2) is 0 Å². The number of aliphatic hydroxyl groups is 2. The lowest BCUT2D eigenvalue weighted by Gasteiger charge is -2.20. The van der Waals surface area contributed by atoms with Gasteiger partial charge in [0.25, 0.3) is 0 Å². The Kier molecular flexibility index (Phi) is 4.67. The van der Waals surface area contributed by atoms with Crippen LogP contribution in [0.3, 0.4) is 0 Å². The van der Waals surface area contributed by atoms with Crippen molar-refractivity contribution in [3.63, 3.8) is 0 Å². The predicted molar refractivity (Wildman–Crippen MR) is 36.0 cm³/mol. The van der Waals surface area contributed by atoms with Gasteiger partial charge in [0.15, 0.2) is 0 Å². The van der Waals surface area contributed by atoms with Gasteiger partial charge in [-0.15, -0.1) is 0 Å². The standard InChI is InChI=1S/C6H15NO2/c1-3-6(9)7(2)4-5-8/h6,8-9H,3-5H2,1-2H3. The molecule has 0 saturated carbocycles. The molecule has 0 aromatic heterocycles. The average molecular weight is 133 g/mol. The van der Waals surface area contributed by atoms with Gasteiger partial charge < -0.3 is 10.2 Å². The molecule has 0 aromatic rings. The van der Waals surface area contributed by atoms with Crippen LogP contribution in [0.1, 0.15) is 13.3 Å². The first-order valence-electron chi connectivity index (χ1n) is 3.21. The highest BCUT2D eigenvalue weighted by atomic mass is 16.3. The normalized spacial score (nSPS) is 14.3. The van der Waals surface area contributed by atoms with Crippen LogP contribution >= 0.6 is 0 Å². The Labute approximate surface area is 55.9 Å². The molecular weight excluding hydrogens is 118 g/mol. The van der Waals surface area contributed by atoms with Crippen molar-refractivity contribution in [1.29, 1.82) is 0 Å². The number of nitrogens with zero attached hydrogens (tertiary/aromatic N) is 1. The lowest BCUT2D eigenvalue weighted by atomic mass is 10.4. The maximum absolute atomic E-state index is 9.07. The molecule has 0 aromatic carbocycles. The molecule has 9 heavy (non-hydrogen) atoms. The molecule has 0 rings (SSSR count). The summed E-state index contributed by atoms with van der Waals surface area (Å²) >= 11 is 0. The van der Waals surface area contributed by atoms with Crippen molar-refractivity contribution >= 4 is 0 Å². The number of rotatable bonds is 4. The van der Waals surface area contributed by atoms with E-state index in [1.807, 2.05) is 6.92 Å². The van der Waals surface area contributed by atoms with Crippen LogP contribution in [-0.4, -0.2) is 41.5 Å². The maximum Gasteiger partial charge on any atom is 0.106 e. The summed E-state index contributed by atoms with van der Waals surface area (Å²) in [5.74, 6) is 0.